The lowest BCUT2D eigenvalue weighted by molar-refractivity contribution is 0.0937. The lowest BCUT2D eigenvalue weighted by atomic mass is 10.2. The van der Waals surface area contributed by atoms with Crippen LogP contribution in [0.15, 0.2) is 41.7 Å². The quantitative estimate of drug-likeness (QED) is 0.773. The van der Waals surface area contributed by atoms with Gasteiger partial charge in [0.05, 0.1) is 23.5 Å². The standard InChI is InChI=1S/C18H24N4O3S/c1-2-22-13-19-11-16(22)12-20-26(24,25)17-9-5-6-14(10-17)18(23)21-15-7-3-4-8-15/h5-6,9-11,13,15,20H,2-4,7-8,12H2,1H3,(H,21,23). The maximum absolute atomic E-state index is 12.6. The summed E-state index contributed by atoms with van der Waals surface area (Å²) in [5.74, 6) is -0.224. The Kier molecular flexibility index (Phi) is 5.73. The van der Waals surface area contributed by atoms with Crippen molar-refractivity contribution in [1.29, 1.82) is 0 Å². The number of hydrogen-bond acceptors (Lipinski definition) is 4. The number of hydrogen-bond donors (Lipinski definition) is 2. The van der Waals surface area contributed by atoms with E-state index in [9.17, 15) is 13.2 Å². The number of benzene rings is 1. The van der Waals surface area contributed by atoms with Crippen LogP contribution in [0.25, 0.3) is 0 Å². The normalized spacial score (nSPS) is 15.3. The molecule has 1 aromatic carbocycles. The van der Waals surface area contributed by atoms with Crippen molar-refractivity contribution in [1.82, 2.24) is 19.6 Å². The minimum Gasteiger partial charge on any atom is -0.349 e. The van der Waals surface area contributed by atoms with Gasteiger partial charge in [-0.2, -0.15) is 0 Å². The van der Waals surface area contributed by atoms with E-state index in [0.717, 1.165) is 31.4 Å². The summed E-state index contributed by atoms with van der Waals surface area (Å²) in [5.41, 5.74) is 1.14. The smallest absolute Gasteiger partial charge is 0.251 e. The summed E-state index contributed by atoms with van der Waals surface area (Å²) in [6, 6.07) is 6.33. The summed E-state index contributed by atoms with van der Waals surface area (Å²) >= 11 is 0. The molecule has 0 saturated heterocycles. The summed E-state index contributed by atoms with van der Waals surface area (Å²) in [6.45, 7) is 2.83. The average Bonchev–Trinajstić information content (AvgIpc) is 3.31. The van der Waals surface area contributed by atoms with Crippen molar-refractivity contribution in [3.63, 3.8) is 0 Å². The number of carbonyl (C=O) groups is 1. The highest BCUT2D eigenvalue weighted by molar-refractivity contribution is 7.89. The van der Waals surface area contributed by atoms with E-state index >= 15 is 0 Å². The molecule has 0 aliphatic heterocycles. The van der Waals surface area contributed by atoms with Crippen molar-refractivity contribution in [2.45, 2.75) is 56.6 Å². The maximum atomic E-state index is 12.6. The van der Waals surface area contributed by atoms with Gasteiger partial charge in [-0.25, -0.2) is 18.1 Å². The molecule has 1 aliphatic carbocycles. The third-order valence-corrected chi connectivity index (χ3v) is 6.08. The molecule has 0 radical (unpaired) electrons. The van der Waals surface area contributed by atoms with Gasteiger partial charge in [0.25, 0.3) is 5.91 Å². The molecule has 1 aliphatic rings. The molecule has 2 aromatic rings. The van der Waals surface area contributed by atoms with E-state index in [0.29, 0.717) is 12.1 Å². The first-order valence-corrected chi connectivity index (χ1v) is 10.4. The van der Waals surface area contributed by atoms with E-state index in [1.54, 1.807) is 24.7 Å². The number of sulfonamides is 1. The van der Waals surface area contributed by atoms with Crippen LogP contribution in [0.4, 0.5) is 0 Å². The molecule has 0 atom stereocenters. The third-order valence-electron chi connectivity index (χ3n) is 4.68. The van der Waals surface area contributed by atoms with Crippen LogP contribution in [0, 0.1) is 0 Å². The van der Waals surface area contributed by atoms with E-state index in [4.69, 9.17) is 0 Å². The number of rotatable bonds is 7. The molecule has 0 bridgehead atoms. The number of nitrogens with zero attached hydrogens (tertiary/aromatic N) is 2. The molecule has 2 N–H and O–H groups in total. The van der Waals surface area contributed by atoms with Crippen LogP contribution in [0.2, 0.25) is 0 Å². The topological polar surface area (TPSA) is 93.1 Å². The SMILES string of the molecule is CCn1cncc1CNS(=O)(=O)c1cccc(C(=O)NC2CCCC2)c1. The Balaban J connectivity index is 1.70. The molecule has 1 heterocycles. The van der Waals surface area contributed by atoms with Gasteiger partial charge >= 0.3 is 0 Å². The second-order valence-corrected chi connectivity index (χ2v) is 8.25. The van der Waals surface area contributed by atoms with E-state index in [1.807, 2.05) is 11.5 Å². The van der Waals surface area contributed by atoms with E-state index in [2.05, 4.69) is 15.0 Å². The molecular weight excluding hydrogens is 352 g/mol. The summed E-state index contributed by atoms with van der Waals surface area (Å²) in [5, 5.41) is 2.98. The monoisotopic (exact) mass is 376 g/mol. The molecule has 140 valence electrons. The molecule has 1 aromatic heterocycles. The van der Waals surface area contributed by atoms with Crippen LogP contribution in [-0.2, 0) is 23.1 Å². The summed E-state index contributed by atoms with van der Waals surface area (Å²) in [4.78, 5) is 16.5. The molecular formula is C18H24N4O3S. The lowest BCUT2D eigenvalue weighted by Gasteiger charge is -2.13. The van der Waals surface area contributed by atoms with Crippen LogP contribution in [-0.4, -0.2) is 29.9 Å². The average molecular weight is 376 g/mol. The lowest BCUT2D eigenvalue weighted by Crippen LogP contribution is -2.32. The predicted octanol–water partition coefficient (Wildman–Crippen LogP) is 2.05. The van der Waals surface area contributed by atoms with Gasteiger partial charge < -0.3 is 9.88 Å². The highest BCUT2D eigenvalue weighted by Gasteiger charge is 2.20. The van der Waals surface area contributed by atoms with E-state index in [-0.39, 0.29) is 23.4 Å². The summed E-state index contributed by atoms with van der Waals surface area (Å²) in [7, 11) is -3.72. The molecule has 8 heteroatoms. The first kappa shape index (κ1) is 18.6. The summed E-state index contributed by atoms with van der Waals surface area (Å²) in [6.07, 6.45) is 7.51. The maximum Gasteiger partial charge on any atom is 0.251 e. The Bertz CT molecular complexity index is 870. The number of nitrogens with one attached hydrogen (secondary N) is 2. The Labute approximate surface area is 153 Å². The fourth-order valence-electron chi connectivity index (χ4n) is 3.18. The van der Waals surface area contributed by atoms with Crippen molar-refractivity contribution < 1.29 is 13.2 Å². The molecule has 3 rings (SSSR count). The fourth-order valence-corrected chi connectivity index (χ4v) is 4.22. The highest BCUT2D eigenvalue weighted by atomic mass is 32.2. The van der Waals surface area contributed by atoms with Crippen molar-refractivity contribution >= 4 is 15.9 Å². The fraction of sp³-hybridized carbons (Fsp3) is 0.444. The minimum atomic E-state index is -3.72. The van der Waals surface area contributed by atoms with Crippen LogP contribution < -0.4 is 10.0 Å². The van der Waals surface area contributed by atoms with Gasteiger partial charge in [-0.3, -0.25) is 4.79 Å². The van der Waals surface area contributed by atoms with Crippen LogP contribution in [0.1, 0.15) is 48.7 Å². The largest absolute Gasteiger partial charge is 0.349 e. The Morgan fingerprint density at radius 1 is 1.31 bits per heavy atom. The van der Waals surface area contributed by atoms with Crippen LogP contribution >= 0.6 is 0 Å². The number of carbonyl (C=O) groups excluding carboxylic acids is 1. The van der Waals surface area contributed by atoms with Gasteiger partial charge in [0.2, 0.25) is 10.0 Å². The Morgan fingerprint density at radius 2 is 2.08 bits per heavy atom. The Morgan fingerprint density at radius 3 is 2.81 bits per heavy atom. The number of aryl methyl sites for hydroxylation is 1. The van der Waals surface area contributed by atoms with Gasteiger partial charge in [-0.05, 0) is 38.0 Å². The zero-order valence-corrected chi connectivity index (χ0v) is 15.6. The molecule has 1 fully saturated rings. The Hall–Kier alpha value is -2.19. The van der Waals surface area contributed by atoms with Crippen molar-refractivity contribution in [3.05, 3.63) is 48.0 Å². The highest BCUT2D eigenvalue weighted by Crippen LogP contribution is 2.19. The second-order valence-electron chi connectivity index (χ2n) is 6.48. The number of imidazole rings is 1. The van der Waals surface area contributed by atoms with Crippen molar-refractivity contribution in [3.8, 4) is 0 Å². The van der Waals surface area contributed by atoms with Gasteiger partial charge in [0.1, 0.15) is 0 Å². The van der Waals surface area contributed by atoms with Gasteiger partial charge in [-0.1, -0.05) is 18.9 Å². The summed E-state index contributed by atoms with van der Waals surface area (Å²) < 4.78 is 29.6. The number of aromatic nitrogens is 2. The second kappa shape index (κ2) is 8.01. The van der Waals surface area contributed by atoms with Gasteiger partial charge in [-0.15, -0.1) is 0 Å². The predicted molar refractivity (Wildman–Crippen MR) is 98.1 cm³/mol. The molecule has 7 nitrogen and oxygen atoms in total. The molecule has 0 unspecified atom stereocenters. The molecule has 0 spiro atoms. The van der Waals surface area contributed by atoms with Gasteiger partial charge in [0, 0.05) is 24.3 Å². The minimum absolute atomic E-state index is 0.0825. The zero-order valence-electron chi connectivity index (χ0n) is 14.8. The third kappa shape index (κ3) is 4.31. The van der Waals surface area contributed by atoms with Crippen LogP contribution in [0.3, 0.4) is 0 Å². The number of amides is 1. The zero-order chi connectivity index (χ0) is 18.6. The van der Waals surface area contributed by atoms with E-state index in [1.165, 1.54) is 12.1 Å². The van der Waals surface area contributed by atoms with Crippen molar-refractivity contribution in [2.75, 3.05) is 0 Å². The van der Waals surface area contributed by atoms with Crippen LogP contribution in [0.5, 0.6) is 0 Å². The molecule has 1 saturated carbocycles. The first-order chi connectivity index (χ1) is 12.5. The van der Waals surface area contributed by atoms with E-state index < -0.39 is 10.0 Å². The first-order valence-electron chi connectivity index (χ1n) is 8.89. The van der Waals surface area contributed by atoms with Gasteiger partial charge in [0.15, 0.2) is 0 Å². The molecule has 26 heavy (non-hydrogen) atoms. The van der Waals surface area contributed by atoms with Crippen molar-refractivity contribution in [2.24, 2.45) is 0 Å². The molecule has 1 amide bonds.